The molecule has 4 nitrogen and oxygen atoms in total. The fraction of sp³-hybridized carbons (Fsp3) is 0. The summed E-state index contributed by atoms with van der Waals surface area (Å²) >= 11 is 0. The van der Waals surface area contributed by atoms with E-state index in [1.165, 1.54) is 0 Å². The Hall–Kier alpha value is 2.90. The van der Waals surface area contributed by atoms with Crippen LogP contribution in [0.1, 0.15) is 0 Å². The number of rotatable bonds is 0. The molecule has 0 aliphatic carbocycles. The maximum absolute atomic E-state index is 8.88. The van der Waals surface area contributed by atoms with Crippen LogP contribution in [0.2, 0.25) is 0 Å². The topological polar surface area (TPSA) is 77.8 Å². The molecule has 0 fully saturated rings. The second-order valence-electron chi connectivity index (χ2n) is 0.513. The van der Waals surface area contributed by atoms with Crippen LogP contribution >= 0.6 is 7.82 Å². The van der Waals surface area contributed by atoms with Gasteiger partial charge in [0.1, 0.15) is 0 Å². The van der Waals surface area contributed by atoms with E-state index in [1.54, 1.807) is 0 Å². The summed E-state index contributed by atoms with van der Waals surface area (Å²) in [5.41, 5.74) is 0. The van der Waals surface area contributed by atoms with Crippen molar-refractivity contribution in [3.05, 3.63) is 0 Å². The van der Waals surface area contributed by atoms with Gasteiger partial charge in [0.05, 0.1) is 0 Å². The van der Waals surface area contributed by atoms with Gasteiger partial charge in [-0.25, -0.2) is 4.57 Å². The van der Waals surface area contributed by atoms with Crippen LogP contribution < -0.4 is 0 Å². The molecular formula is H3BO4PPbRb. The van der Waals surface area contributed by atoms with Crippen LogP contribution in [0, 0.1) is 0 Å². The second-order valence-corrected chi connectivity index (χ2v) is 1.54. The Morgan fingerprint density at radius 2 is 1.12 bits per heavy atom. The Labute approximate surface area is 118 Å². The van der Waals surface area contributed by atoms with E-state index in [9.17, 15) is 0 Å². The second kappa shape index (κ2) is 9.90. The summed E-state index contributed by atoms with van der Waals surface area (Å²) < 4.78 is 8.88. The summed E-state index contributed by atoms with van der Waals surface area (Å²) in [4.78, 5) is 21.6. The normalized spacial score (nSPS) is 7.38. The molecule has 8 heteroatoms. The zero-order valence-electron chi connectivity index (χ0n) is 4.27. The molecule has 0 atom stereocenters. The minimum atomic E-state index is -4.64. The smallest absolute Gasteiger partial charge is 0.303 e. The molecule has 0 aromatic rings. The molecule has 0 heterocycles. The minimum Gasteiger partial charge on any atom is -0.303 e. The molecule has 0 aliphatic rings. The molecule has 8 radical (unpaired) electrons. The minimum absolute atomic E-state index is 0. The van der Waals surface area contributed by atoms with Crippen molar-refractivity contribution < 1.29 is 19.2 Å². The van der Waals surface area contributed by atoms with Gasteiger partial charge in [-0.1, -0.05) is 0 Å². The first-order valence-electron chi connectivity index (χ1n) is 0.783. The molecule has 8 heavy (non-hydrogen) atoms. The SMILES string of the molecule is O=P(O)(O)O.[B].[Pb].[Rb]. The van der Waals surface area contributed by atoms with Gasteiger partial charge in [0, 0.05) is 93.9 Å². The van der Waals surface area contributed by atoms with Gasteiger partial charge in [-0.15, -0.1) is 0 Å². The number of phosphoric acid groups is 1. The van der Waals surface area contributed by atoms with Gasteiger partial charge in [0.25, 0.3) is 0 Å². The van der Waals surface area contributed by atoms with Crippen molar-refractivity contribution in [3.63, 3.8) is 0 Å². The standard InChI is InChI=1S/B.H3O4P.Pb.Rb/c;1-5(2,3)4;;/h;(H3,1,2,3,4);;. The Balaban J connectivity index is -0.0000000267. The molecule has 0 saturated heterocycles. The molecule has 0 amide bonds. The maximum Gasteiger partial charge on any atom is 0.466 e. The summed E-state index contributed by atoms with van der Waals surface area (Å²) in [6, 6.07) is 0. The molecule has 0 aromatic heterocycles. The fourth-order valence-corrected chi connectivity index (χ4v) is 0. The third kappa shape index (κ3) is 66.0. The van der Waals surface area contributed by atoms with Crippen LogP contribution in [0.5, 0.6) is 0 Å². The van der Waals surface area contributed by atoms with Gasteiger partial charge in [0.2, 0.25) is 0 Å². The van der Waals surface area contributed by atoms with Gasteiger partial charge in [-0.2, -0.15) is 0 Å². The summed E-state index contributed by atoms with van der Waals surface area (Å²) in [7, 11) is -4.64. The van der Waals surface area contributed by atoms with Crippen LogP contribution in [0.15, 0.2) is 0 Å². The Kier molecular flexibility index (Phi) is 27.8. The number of hydrogen-bond acceptors (Lipinski definition) is 1. The van der Waals surface area contributed by atoms with Crippen LogP contribution in [0.4, 0.5) is 0 Å². The average Bonchev–Trinajstić information content (AvgIpc) is 0.722. The van der Waals surface area contributed by atoms with Gasteiger partial charge >= 0.3 is 7.82 Å². The zero-order chi connectivity index (χ0) is 4.50. The predicted octanol–water partition coefficient (Wildman–Crippen LogP) is -2.07. The molecule has 40 valence electrons. The summed E-state index contributed by atoms with van der Waals surface area (Å²) in [6.45, 7) is 0. The monoisotopic (exact) mass is 402 g/mol. The van der Waals surface area contributed by atoms with Gasteiger partial charge in [-0.05, 0) is 0 Å². The van der Waals surface area contributed by atoms with E-state index in [0.717, 1.165) is 0 Å². The molecule has 0 saturated carbocycles. The Bertz CT molecular complexity index is 62.2. The van der Waals surface area contributed by atoms with Crippen LogP contribution in [0.3, 0.4) is 0 Å². The van der Waals surface area contributed by atoms with Crippen LogP contribution in [0.25, 0.3) is 0 Å². The van der Waals surface area contributed by atoms with Gasteiger partial charge < -0.3 is 14.7 Å². The van der Waals surface area contributed by atoms with E-state index in [0.29, 0.717) is 0 Å². The first-order valence-corrected chi connectivity index (χ1v) is 2.35. The number of hydrogen-bond donors (Lipinski definition) is 3. The summed E-state index contributed by atoms with van der Waals surface area (Å²) in [5.74, 6) is 0. The largest absolute Gasteiger partial charge is 0.466 e. The maximum atomic E-state index is 8.88. The molecule has 3 N–H and O–H groups in total. The fourth-order valence-electron chi connectivity index (χ4n) is 0. The van der Waals surface area contributed by atoms with Crippen molar-refractivity contribution in [2.45, 2.75) is 0 Å². The van der Waals surface area contributed by atoms with Crippen molar-refractivity contribution in [3.8, 4) is 0 Å². The van der Waals surface area contributed by atoms with E-state index in [1.807, 2.05) is 0 Å². The quantitative estimate of drug-likeness (QED) is 0.322. The Morgan fingerprint density at radius 1 is 1.12 bits per heavy atom. The molecule has 0 unspecified atom stereocenters. The van der Waals surface area contributed by atoms with Gasteiger partial charge in [0.15, 0.2) is 0 Å². The van der Waals surface area contributed by atoms with Crippen LogP contribution in [-0.4, -0.2) is 109 Å². The molecule has 0 aromatic carbocycles. The molecule has 0 rings (SSSR count). The van der Waals surface area contributed by atoms with Crippen molar-refractivity contribution in [1.82, 2.24) is 0 Å². The first-order chi connectivity index (χ1) is 2.00. The summed E-state index contributed by atoms with van der Waals surface area (Å²) in [5, 5.41) is 0. The zero-order valence-corrected chi connectivity index (χ0v) is 14.0. The molecule has 0 aliphatic heterocycles. The molecular weight excluding hydrogens is 398 g/mol. The first kappa shape index (κ1) is 22.4. The third-order valence-electron chi connectivity index (χ3n) is 0. The average molecular weight is 401 g/mol. The predicted molar refractivity (Wildman–Crippen MR) is 31.5 cm³/mol. The molecule has 0 spiro atoms. The van der Waals surface area contributed by atoms with E-state index < -0.39 is 7.82 Å². The Morgan fingerprint density at radius 3 is 1.12 bits per heavy atom. The van der Waals surface area contributed by atoms with Crippen molar-refractivity contribution >= 4 is 102 Å². The third-order valence-corrected chi connectivity index (χ3v) is 0. The molecule has 0 bridgehead atoms. The summed E-state index contributed by atoms with van der Waals surface area (Å²) in [6.07, 6.45) is 0. The van der Waals surface area contributed by atoms with Crippen LogP contribution in [-0.2, 0) is 4.57 Å². The van der Waals surface area contributed by atoms with Crippen molar-refractivity contribution in [2.24, 2.45) is 0 Å². The van der Waals surface area contributed by atoms with E-state index in [4.69, 9.17) is 19.2 Å². The van der Waals surface area contributed by atoms with Crippen molar-refractivity contribution in [1.29, 1.82) is 0 Å². The van der Waals surface area contributed by atoms with E-state index >= 15 is 0 Å². The van der Waals surface area contributed by atoms with E-state index in [2.05, 4.69) is 0 Å². The van der Waals surface area contributed by atoms with Gasteiger partial charge in [-0.3, -0.25) is 0 Å². The van der Waals surface area contributed by atoms with Crippen molar-refractivity contribution in [2.75, 3.05) is 0 Å². The van der Waals surface area contributed by atoms with E-state index in [-0.39, 0.29) is 93.9 Å².